The summed E-state index contributed by atoms with van der Waals surface area (Å²) in [6.07, 6.45) is 1.79. The number of carbonyl (C=O) groups is 1. The zero-order chi connectivity index (χ0) is 14.8. The second-order valence-corrected chi connectivity index (χ2v) is 7.44. The Labute approximate surface area is 143 Å². The third-order valence-corrected chi connectivity index (χ3v) is 5.16. The van der Waals surface area contributed by atoms with E-state index >= 15 is 0 Å². The lowest BCUT2D eigenvalue weighted by molar-refractivity contribution is 0.102. The van der Waals surface area contributed by atoms with Gasteiger partial charge in [0.2, 0.25) is 0 Å². The van der Waals surface area contributed by atoms with Gasteiger partial charge in [0.1, 0.15) is 0 Å². The number of carbonyl (C=O) groups excluding carboxylic acids is 1. The molecule has 1 aromatic heterocycles. The quantitative estimate of drug-likeness (QED) is 0.432. The largest absolute Gasteiger partial charge is 0.360 e. The summed E-state index contributed by atoms with van der Waals surface area (Å²) in [5, 5.41) is 0.972. The lowest BCUT2D eigenvalue weighted by Crippen LogP contribution is -2.01. The molecule has 0 amide bonds. The number of fused-ring (bicyclic) bond motifs is 1. The van der Waals surface area contributed by atoms with Gasteiger partial charge in [-0.3, -0.25) is 4.79 Å². The van der Waals surface area contributed by atoms with Gasteiger partial charge < -0.3 is 4.98 Å². The molecule has 106 valence electrons. The molecule has 1 N–H and O–H groups in total. The Hall–Kier alpha value is -1.04. The van der Waals surface area contributed by atoms with Crippen molar-refractivity contribution in [2.45, 2.75) is 4.90 Å². The molecule has 0 spiro atoms. The second-order valence-electron chi connectivity index (χ2n) is 4.56. The Kier molecular flexibility index (Phi) is 4.52. The Morgan fingerprint density at radius 3 is 2.52 bits per heavy atom. The summed E-state index contributed by atoms with van der Waals surface area (Å²) in [6.45, 7) is 0. The summed E-state index contributed by atoms with van der Waals surface area (Å²) >= 11 is 8.39. The molecule has 0 radical (unpaired) electrons. The summed E-state index contributed by atoms with van der Waals surface area (Å²) in [6, 6.07) is 13.9. The highest BCUT2D eigenvalue weighted by Gasteiger charge is 2.12. The van der Waals surface area contributed by atoms with Crippen LogP contribution in [-0.4, -0.2) is 16.5 Å². The molecular weight excluding hydrogens is 414 g/mol. The SMILES string of the molecule is O=C(CSc1ccc(Br)cc1)c1c[nH]c2cc(Br)ccc12. The van der Waals surface area contributed by atoms with E-state index in [1.54, 1.807) is 18.0 Å². The van der Waals surface area contributed by atoms with Gasteiger partial charge in [0.25, 0.3) is 0 Å². The highest BCUT2D eigenvalue weighted by molar-refractivity contribution is 9.10. The minimum Gasteiger partial charge on any atom is -0.360 e. The minimum absolute atomic E-state index is 0.136. The van der Waals surface area contributed by atoms with E-state index < -0.39 is 0 Å². The van der Waals surface area contributed by atoms with Gasteiger partial charge in [-0.05, 0) is 36.4 Å². The molecule has 0 aliphatic heterocycles. The summed E-state index contributed by atoms with van der Waals surface area (Å²) in [4.78, 5) is 16.6. The van der Waals surface area contributed by atoms with Crippen LogP contribution < -0.4 is 0 Å². The van der Waals surface area contributed by atoms with E-state index in [0.717, 1.165) is 30.3 Å². The number of hydrogen-bond donors (Lipinski definition) is 1. The van der Waals surface area contributed by atoms with Gasteiger partial charge in [0.15, 0.2) is 5.78 Å². The lowest BCUT2D eigenvalue weighted by Gasteiger charge is -2.01. The van der Waals surface area contributed by atoms with Crippen LogP contribution in [0.25, 0.3) is 10.9 Å². The van der Waals surface area contributed by atoms with Crippen molar-refractivity contribution in [1.82, 2.24) is 4.98 Å². The van der Waals surface area contributed by atoms with E-state index in [1.165, 1.54) is 0 Å². The first kappa shape index (κ1) is 14.9. The van der Waals surface area contributed by atoms with Gasteiger partial charge in [0, 0.05) is 36.5 Å². The number of ketones is 1. The molecule has 0 saturated heterocycles. The Morgan fingerprint density at radius 1 is 1.05 bits per heavy atom. The molecule has 2 nitrogen and oxygen atoms in total. The number of H-pyrrole nitrogens is 1. The number of Topliss-reactive ketones (excluding diaryl/α,β-unsaturated/α-hetero) is 1. The van der Waals surface area contributed by atoms with Crippen molar-refractivity contribution in [1.29, 1.82) is 0 Å². The van der Waals surface area contributed by atoms with Crippen LogP contribution in [0.15, 0.2) is 62.5 Å². The average molecular weight is 425 g/mol. The summed E-state index contributed by atoms with van der Waals surface area (Å²) in [5.41, 5.74) is 1.73. The highest BCUT2D eigenvalue weighted by Crippen LogP contribution is 2.26. The number of halogens is 2. The number of aromatic amines is 1. The molecule has 0 bridgehead atoms. The van der Waals surface area contributed by atoms with Gasteiger partial charge in [-0.2, -0.15) is 0 Å². The fourth-order valence-electron chi connectivity index (χ4n) is 2.09. The third-order valence-electron chi connectivity index (χ3n) is 3.13. The predicted molar refractivity (Wildman–Crippen MR) is 95.2 cm³/mol. The van der Waals surface area contributed by atoms with E-state index in [-0.39, 0.29) is 5.78 Å². The Bertz CT molecular complexity index is 796. The summed E-state index contributed by atoms with van der Waals surface area (Å²) in [5.74, 6) is 0.571. The number of thioether (sulfide) groups is 1. The van der Waals surface area contributed by atoms with Crippen LogP contribution in [0.3, 0.4) is 0 Å². The number of hydrogen-bond acceptors (Lipinski definition) is 2. The lowest BCUT2D eigenvalue weighted by atomic mass is 10.1. The maximum Gasteiger partial charge on any atom is 0.175 e. The second kappa shape index (κ2) is 6.38. The number of benzene rings is 2. The molecule has 0 unspecified atom stereocenters. The smallest absolute Gasteiger partial charge is 0.175 e. The normalized spacial score (nSPS) is 11.0. The fraction of sp³-hybridized carbons (Fsp3) is 0.0625. The zero-order valence-corrected chi connectivity index (χ0v) is 14.9. The van der Waals surface area contributed by atoms with E-state index in [1.807, 2.05) is 42.5 Å². The average Bonchev–Trinajstić information content (AvgIpc) is 2.89. The van der Waals surface area contributed by atoms with Crippen molar-refractivity contribution in [3.05, 3.63) is 63.2 Å². The Morgan fingerprint density at radius 2 is 1.76 bits per heavy atom. The van der Waals surface area contributed by atoms with E-state index in [0.29, 0.717) is 5.75 Å². The van der Waals surface area contributed by atoms with Crippen LogP contribution in [0.5, 0.6) is 0 Å². The number of nitrogens with one attached hydrogen (secondary N) is 1. The molecule has 3 aromatic rings. The maximum absolute atomic E-state index is 12.4. The molecule has 0 saturated carbocycles. The molecule has 0 fully saturated rings. The van der Waals surface area contributed by atoms with Crippen LogP contribution in [0.4, 0.5) is 0 Å². The molecule has 3 rings (SSSR count). The first-order valence-electron chi connectivity index (χ1n) is 6.32. The van der Waals surface area contributed by atoms with Gasteiger partial charge in [-0.1, -0.05) is 37.9 Å². The van der Waals surface area contributed by atoms with Gasteiger partial charge in [0.05, 0.1) is 5.75 Å². The van der Waals surface area contributed by atoms with Crippen molar-refractivity contribution < 1.29 is 4.79 Å². The molecule has 2 aromatic carbocycles. The van der Waals surface area contributed by atoms with Crippen molar-refractivity contribution in [2.24, 2.45) is 0 Å². The molecule has 0 aliphatic rings. The molecule has 1 heterocycles. The van der Waals surface area contributed by atoms with Crippen molar-refractivity contribution in [3.63, 3.8) is 0 Å². The number of rotatable bonds is 4. The van der Waals surface area contributed by atoms with Crippen LogP contribution >= 0.6 is 43.6 Å². The molecule has 21 heavy (non-hydrogen) atoms. The molecule has 5 heteroatoms. The van der Waals surface area contributed by atoms with Crippen LogP contribution in [0, 0.1) is 0 Å². The van der Waals surface area contributed by atoms with Crippen molar-refractivity contribution in [2.75, 3.05) is 5.75 Å². The van der Waals surface area contributed by atoms with Crippen LogP contribution in [0.2, 0.25) is 0 Å². The number of aromatic nitrogens is 1. The summed E-state index contributed by atoms with van der Waals surface area (Å²) in [7, 11) is 0. The first-order valence-corrected chi connectivity index (χ1v) is 8.89. The first-order chi connectivity index (χ1) is 10.1. The zero-order valence-electron chi connectivity index (χ0n) is 10.9. The maximum atomic E-state index is 12.4. The molecule has 0 atom stereocenters. The fourth-order valence-corrected chi connectivity index (χ4v) is 3.49. The van der Waals surface area contributed by atoms with Gasteiger partial charge >= 0.3 is 0 Å². The van der Waals surface area contributed by atoms with Crippen molar-refractivity contribution in [3.8, 4) is 0 Å². The van der Waals surface area contributed by atoms with Crippen LogP contribution in [-0.2, 0) is 0 Å². The molecule has 0 aliphatic carbocycles. The summed E-state index contributed by atoms with van der Waals surface area (Å²) < 4.78 is 2.04. The van der Waals surface area contributed by atoms with E-state index in [4.69, 9.17) is 0 Å². The topological polar surface area (TPSA) is 32.9 Å². The third kappa shape index (κ3) is 3.42. The van der Waals surface area contributed by atoms with Crippen LogP contribution in [0.1, 0.15) is 10.4 Å². The van der Waals surface area contributed by atoms with Crippen molar-refractivity contribution >= 4 is 60.3 Å². The standard InChI is InChI=1S/C16H11Br2NOS/c17-10-1-4-12(5-2-10)21-9-16(20)14-8-19-15-7-11(18)3-6-13(14)15/h1-8,19H,9H2. The van der Waals surface area contributed by atoms with Gasteiger partial charge in [-0.15, -0.1) is 11.8 Å². The monoisotopic (exact) mass is 423 g/mol. The molecular formula is C16H11Br2NOS. The Balaban J connectivity index is 1.76. The van der Waals surface area contributed by atoms with E-state index in [2.05, 4.69) is 36.8 Å². The minimum atomic E-state index is 0.136. The predicted octanol–water partition coefficient (Wildman–Crippen LogP) is 5.67. The van der Waals surface area contributed by atoms with E-state index in [9.17, 15) is 4.79 Å². The van der Waals surface area contributed by atoms with Gasteiger partial charge in [-0.25, -0.2) is 0 Å². The highest BCUT2D eigenvalue weighted by atomic mass is 79.9.